The van der Waals surface area contributed by atoms with Gasteiger partial charge in [0.05, 0.1) is 21.3 Å². The molecule has 0 aromatic heterocycles. The van der Waals surface area contributed by atoms with Gasteiger partial charge in [-0.3, -0.25) is 0 Å². The van der Waals surface area contributed by atoms with Crippen molar-refractivity contribution in [3.8, 4) is 28.7 Å². The van der Waals surface area contributed by atoms with E-state index in [2.05, 4.69) is 5.32 Å². The van der Waals surface area contributed by atoms with Crippen LogP contribution < -0.4 is 29.0 Å². The average Bonchev–Trinajstić information content (AvgIpc) is 2.83. The van der Waals surface area contributed by atoms with E-state index >= 15 is 0 Å². The van der Waals surface area contributed by atoms with E-state index in [-0.39, 0.29) is 0 Å². The Labute approximate surface area is 194 Å². The van der Waals surface area contributed by atoms with Gasteiger partial charge in [-0.1, -0.05) is 35.9 Å². The quantitative estimate of drug-likeness (QED) is 0.381. The Bertz CT molecular complexity index is 997. The molecule has 3 aromatic rings. The van der Waals surface area contributed by atoms with Gasteiger partial charge in [-0.05, 0) is 41.5 Å². The third-order valence-corrected chi connectivity index (χ3v) is 5.13. The number of rotatable bonds is 12. The van der Waals surface area contributed by atoms with Crippen molar-refractivity contribution in [3.05, 3.63) is 76.8 Å². The molecule has 0 atom stereocenters. The molecule has 170 valence electrons. The zero-order chi connectivity index (χ0) is 22.8. The van der Waals surface area contributed by atoms with Gasteiger partial charge in [0.15, 0.2) is 23.0 Å². The molecule has 0 radical (unpaired) electrons. The number of methoxy groups -OCH3 is 3. The molecule has 0 bridgehead atoms. The van der Waals surface area contributed by atoms with Crippen LogP contribution in [0.25, 0.3) is 0 Å². The Hall–Kier alpha value is -3.09. The van der Waals surface area contributed by atoms with Gasteiger partial charge < -0.3 is 29.0 Å². The zero-order valence-corrected chi connectivity index (χ0v) is 19.3. The van der Waals surface area contributed by atoms with Crippen LogP contribution in [0.5, 0.6) is 28.7 Å². The van der Waals surface area contributed by atoms with Crippen LogP contribution >= 0.6 is 11.6 Å². The Morgan fingerprint density at radius 3 is 2.06 bits per heavy atom. The minimum Gasteiger partial charge on any atom is -0.493 e. The predicted molar refractivity (Wildman–Crippen MR) is 126 cm³/mol. The van der Waals surface area contributed by atoms with Crippen LogP contribution in [-0.4, -0.2) is 34.5 Å². The topological polar surface area (TPSA) is 58.2 Å². The molecular formula is C25H28ClNO5. The lowest BCUT2D eigenvalue weighted by atomic mass is 10.1. The fraction of sp³-hybridized carbons (Fsp3) is 0.280. The van der Waals surface area contributed by atoms with E-state index in [1.54, 1.807) is 27.4 Å². The fourth-order valence-electron chi connectivity index (χ4n) is 3.14. The number of hydrogen-bond donors (Lipinski definition) is 1. The molecule has 32 heavy (non-hydrogen) atoms. The molecule has 0 spiro atoms. The lowest BCUT2D eigenvalue weighted by molar-refractivity contribution is 0.211. The molecule has 0 saturated carbocycles. The van der Waals surface area contributed by atoms with E-state index in [0.717, 1.165) is 16.9 Å². The summed E-state index contributed by atoms with van der Waals surface area (Å²) in [7, 11) is 4.82. The van der Waals surface area contributed by atoms with Crippen LogP contribution in [-0.2, 0) is 13.1 Å². The van der Waals surface area contributed by atoms with Gasteiger partial charge in [-0.2, -0.15) is 0 Å². The summed E-state index contributed by atoms with van der Waals surface area (Å²) in [6.07, 6.45) is 0. The van der Waals surface area contributed by atoms with Crippen molar-refractivity contribution in [2.24, 2.45) is 0 Å². The van der Waals surface area contributed by atoms with Crippen LogP contribution in [0.3, 0.4) is 0 Å². The van der Waals surface area contributed by atoms with Crippen molar-refractivity contribution in [2.45, 2.75) is 13.1 Å². The van der Waals surface area contributed by atoms with Crippen molar-refractivity contribution in [1.29, 1.82) is 0 Å². The van der Waals surface area contributed by atoms with Crippen molar-refractivity contribution >= 4 is 11.6 Å². The number of benzene rings is 3. The Morgan fingerprint density at radius 1 is 0.688 bits per heavy atom. The number of nitrogens with one attached hydrogen (secondary N) is 1. The number of hydrogen-bond acceptors (Lipinski definition) is 6. The fourth-order valence-corrected chi connectivity index (χ4v) is 3.36. The molecule has 0 unspecified atom stereocenters. The Kier molecular flexibility index (Phi) is 8.90. The standard InChI is InChI=1S/C25H28ClNO5/c1-28-23-13-18(9-10-22(23)32-12-11-31-20-7-5-4-6-8-20)16-27-17-19-14-24(29-2)25(30-3)15-21(19)26/h4-10,13-15,27H,11-12,16-17H2,1-3H3. The van der Waals surface area contributed by atoms with Crippen molar-refractivity contribution < 1.29 is 23.7 Å². The number of ether oxygens (including phenoxy) is 5. The largest absolute Gasteiger partial charge is 0.493 e. The molecule has 0 aliphatic carbocycles. The van der Waals surface area contributed by atoms with E-state index in [9.17, 15) is 0 Å². The van der Waals surface area contributed by atoms with Crippen LogP contribution in [0.1, 0.15) is 11.1 Å². The number of para-hydroxylation sites is 1. The van der Waals surface area contributed by atoms with E-state index in [0.29, 0.717) is 54.3 Å². The molecule has 0 aliphatic heterocycles. The first-order valence-electron chi connectivity index (χ1n) is 10.2. The molecule has 0 saturated heterocycles. The Balaban J connectivity index is 1.52. The second-order valence-corrected chi connectivity index (χ2v) is 7.30. The summed E-state index contributed by atoms with van der Waals surface area (Å²) in [5.41, 5.74) is 1.99. The second-order valence-electron chi connectivity index (χ2n) is 6.90. The summed E-state index contributed by atoms with van der Waals surface area (Å²) in [4.78, 5) is 0. The SMILES string of the molecule is COc1cc(Cl)c(CNCc2ccc(OCCOc3ccccc3)c(OC)c2)cc1OC. The van der Waals surface area contributed by atoms with Gasteiger partial charge in [0, 0.05) is 24.2 Å². The van der Waals surface area contributed by atoms with Crippen LogP contribution in [0.4, 0.5) is 0 Å². The predicted octanol–water partition coefficient (Wildman–Crippen LogP) is 5.11. The minimum atomic E-state index is 0.417. The number of halogens is 1. The highest BCUT2D eigenvalue weighted by atomic mass is 35.5. The van der Waals surface area contributed by atoms with Crippen molar-refractivity contribution in [1.82, 2.24) is 5.32 Å². The summed E-state index contributed by atoms with van der Waals surface area (Å²) in [6, 6.07) is 19.1. The third-order valence-electron chi connectivity index (χ3n) is 4.78. The van der Waals surface area contributed by atoms with Crippen LogP contribution in [0, 0.1) is 0 Å². The average molecular weight is 458 g/mol. The van der Waals surface area contributed by atoms with Crippen molar-refractivity contribution in [2.75, 3.05) is 34.5 Å². The summed E-state index contributed by atoms with van der Waals surface area (Å²) >= 11 is 6.36. The lowest BCUT2D eigenvalue weighted by Crippen LogP contribution is -2.13. The monoisotopic (exact) mass is 457 g/mol. The molecule has 0 heterocycles. The maximum absolute atomic E-state index is 6.36. The molecular weight excluding hydrogens is 430 g/mol. The first kappa shape index (κ1) is 23.6. The second kappa shape index (κ2) is 12.1. The smallest absolute Gasteiger partial charge is 0.162 e. The van der Waals surface area contributed by atoms with E-state index in [1.165, 1.54) is 0 Å². The summed E-state index contributed by atoms with van der Waals surface area (Å²) in [5.74, 6) is 3.42. The normalized spacial score (nSPS) is 10.5. The first-order valence-corrected chi connectivity index (χ1v) is 10.6. The summed E-state index contributed by atoms with van der Waals surface area (Å²) < 4.78 is 27.6. The van der Waals surface area contributed by atoms with E-state index in [1.807, 2.05) is 54.6 Å². The van der Waals surface area contributed by atoms with Gasteiger partial charge in [0.2, 0.25) is 0 Å². The van der Waals surface area contributed by atoms with E-state index in [4.69, 9.17) is 35.3 Å². The molecule has 0 amide bonds. The molecule has 7 heteroatoms. The molecule has 1 N–H and O–H groups in total. The van der Waals surface area contributed by atoms with Gasteiger partial charge in [-0.25, -0.2) is 0 Å². The lowest BCUT2D eigenvalue weighted by Gasteiger charge is -2.14. The summed E-state index contributed by atoms with van der Waals surface area (Å²) in [5, 5.41) is 4.01. The van der Waals surface area contributed by atoms with E-state index < -0.39 is 0 Å². The first-order chi connectivity index (χ1) is 15.6. The third kappa shape index (κ3) is 6.45. The van der Waals surface area contributed by atoms with Gasteiger partial charge in [0.1, 0.15) is 19.0 Å². The summed E-state index contributed by atoms with van der Waals surface area (Å²) in [6.45, 7) is 2.08. The highest BCUT2D eigenvalue weighted by Crippen LogP contribution is 2.33. The highest BCUT2D eigenvalue weighted by molar-refractivity contribution is 6.31. The van der Waals surface area contributed by atoms with Gasteiger partial charge in [0.25, 0.3) is 0 Å². The minimum absolute atomic E-state index is 0.417. The molecule has 6 nitrogen and oxygen atoms in total. The zero-order valence-electron chi connectivity index (χ0n) is 18.5. The Morgan fingerprint density at radius 2 is 1.34 bits per heavy atom. The van der Waals surface area contributed by atoms with Crippen LogP contribution in [0.2, 0.25) is 5.02 Å². The molecule has 0 fully saturated rings. The van der Waals surface area contributed by atoms with Gasteiger partial charge in [-0.15, -0.1) is 0 Å². The molecule has 0 aliphatic rings. The molecule has 3 rings (SSSR count). The van der Waals surface area contributed by atoms with Crippen LogP contribution in [0.15, 0.2) is 60.7 Å². The van der Waals surface area contributed by atoms with Gasteiger partial charge >= 0.3 is 0 Å². The maximum atomic E-state index is 6.36. The molecule has 3 aromatic carbocycles. The maximum Gasteiger partial charge on any atom is 0.162 e. The van der Waals surface area contributed by atoms with Crippen molar-refractivity contribution in [3.63, 3.8) is 0 Å². The highest BCUT2D eigenvalue weighted by Gasteiger charge is 2.10.